The normalized spacial score (nSPS) is 11.6. The highest BCUT2D eigenvalue weighted by atomic mass is 127. The van der Waals surface area contributed by atoms with E-state index >= 15 is 0 Å². The van der Waals surface area contributed by atoms with Gasteiger partial charge in [-0.3, -0.25) is 4.99 Å². The van der Waals surface area contributed by atoms with E-state index in [1.807, 2.05) is 0 Å². The van der Waals surface area contributed by atoms with Crippen LogP contribution in [0.1, 0.15) is 5.56 Å². The van der Waals surface area contributed by atoms with Crippen molar-refractivity contribution in [3.8, 4) is 0 Å². The summed E-state index contributed by atoms with van der Waals surface area (Å²) in [5.74, 6) is -0.885. The van der Waals surface area contributed by atoms with Gasteiger partial charge in [0.25, 0.3) is 0 Å². The third-order valence-electron chi connectivity index (χ3n) is 3.44. The number of guanidine groups is 1. The minimum atomic E-state index is -3.40. The molecule has 0 atom stereocenters. The van der Waals surface area contributed by atoms with E-state index in [9.17, 15) is 17.2 Å². The Hall–Kier alpha value is -1.75. The van der Waals surface area contributed by atoms with Gasteiger partial charge < -0.3 is 10.6 Å². The Kier molecular flexibility index (Phi) is 8.93. The number of rotatable bonds is 6. The highest BCUT2D eigenvalue weighted by Gasteiger charge is 2.13. The van der Waals surface area contributed by atoms with Crippen molar-refractivity contribution < 1.29 is 17.2 Å². The quantitative estimate of drug-likeness (QED) is 0.368. The minimum Gasteiger partial charge on any atom is -0.355 e. The molecule has 0 aliphatic heterocycles. The summed E-state index contributed by atoms with van der Waals surface area (Å²) in [4.78, 5) is 4.18. The smallest absolute Gasteiger partial charge is 0.191 e. The van der Waals surface area contributed by atoms with Crippen molar-refractivity contribution in [1.82, 2.24) is 10.6 Å². The summed E-state index contributed by atoms with van der Waals surface area (Å²) < 4.78 is 51.1. The number of hydrogen-bond donors (Lipinski definition) is 2. The van der Waals surface area contributed by atoms with E-state index in [1.165, 1.54) is 19.2 Å². The lowest BCUT2D eigenvalue weighted by Crippen LogP contribution is -2.39. The number of aliphatic imine (C=N–C) groups is 1. The predicted molar refractivity (Wildman–Crippen MR) is 108 cm³/mol. The summed E-state index contributed by atoms with van der Waals surface area (Å²) in [5, 5.41) is 5.66. The van der Waals surface area contributed by atoms with Crippen LogP contribution in [0.4, 0.5) is 8.78 Å². The standard InChI is InChI=1S/C17H19F2N3O2S.HI/c1-20-17(22-12-13-11-14(18)7-8-16(13)19)21-9-10-25(23,24)15-5-3-2-4-6-15;/h2-8,11H,9-10,12H2,1H3,(H2,20,21,22);1H. The lowest BCUT2D eigenvalue weighted by atomic mass is 10.2. The molecular weight excluding hydrogens is 475 g/mol. The molecular formula is C17H20F2IN3O2S. The van der Waals surface area contributed by atoms with E-state index in [2.05, 4.69) is 15.6 Å². The molecule has 0 saturated heterocycles. The molecule has 2 aromatic rings. The third kappa shape index (κ3) is 6.52. The fourth-order valence-electron chi connectivity index (χ4n) is 2.13. The van der Waals surface area contributed by atoms with Gasteiger partial charge in [-0.25, -0.2) is 17.2 Å². The van der Waals surface area contributed by atoms with E-state index in [4.69, 9.17) is 0 Å². The summed E-state index contributed by atoms with van der Waals surface area (Å²) in [6.45, 7) is 0.150. The molecule has 0 saturated carbocycles. The maximum absolute atomic E-state index is 13.6. The minimum absolute atomic E-state index is 0. The topological polar surface area (TPSA) is 70.6 Å². The fourth-order valence-corrected chi connectivity index (χ4v) is 3.31. The first kappa shape index (κ1) is 22.3. The molecule has 9 heteroatoms. The molecule has 2 rings (SSSR count). The van der Waals surface area contributed by atoms with Crippen LogP contribution in [-0.4, -0.2) is 33.7 Å². The Morgan fingerprint density at radius 3 is 2.42 bits per heavy atom. The number of halogens is 3. The number of sulfone groups is 1. The molecule has 2 aromatic carbocycles. The first-order chi connectivity index (χ1) is 11.9. The van der Waals surface area contributed by atoms with Gasteiger partial charge in [-0.05, 0) is 30.3 Å². The van der Waals surface area contributed by atoms with Gasteiger partial charge in [-0.15, -0.1) is 24.0 Å². The van der Waals surface area contributed by atoms with Crippen molar-refractivity contribution in [1.29, 1.82) is 0 Å². The molecule has 0 aromatic heterocycles. The van der Waals surface area contributed by atoms with Crippen molar-refractivity contribution in [2.45, 2.75) is 11.4 Å². The van der Waals surface area contributed by atoms with Gasteiger partial charge in [0.05, 0.1) is 10.6 Å². The van der Waals surface area contributed by atoms with Crippen LogP contribution in [0, 0.1) is 11.6 Å². The monoisotopic (exact) mass is 495 g/mol. The van der Waals surface area contributed by atoms with E-state index in [-0.39, 0.29) is 53.3 Å². The van der Waals surface area contributed by atoms with E-state index in [0.29, 0.717) is 5.96 Å². The third-order valence-corrected chi connectivity index (χ3v) is 5.18. The van der Waals surface area contributed by atoms with Gasteiger partial charge in [0.1, 0.15) is 11.6 Å². The molecule has 26 heavy (non-hydrogen) atoms. The molecule has 5 nitrogen and oxygen atoms in total. The number of hydrogen-bond acceptors (Lipinski definition) is 3. The summed E-state index contributed by atoms with van der Waals surface area (Å²) >= 11 is 0. The van der Waals surface area contributed by atoms with Crippen molar-refractivity contribution in [3.63, 3.8) is 0 Å². The zero-order chi connectivity index (χ0) is 18.3. The van der Waals surface area contributed by atoms with E-state index in [1.54, 1.807) is 18.2 Å². The van der Waals surface area contributed by atoms with Gasteiger partial charge in [-0.2, -0.15) is 0 Å². The second-order valence-corrected chi connectivity index (χ2v) is 7.33. The molecule has 0 bridgehead atoms. The predicted octanol–water partition coefficient (Wildman–Crippen LogP) is 2.72. The summed E-state index contributed by atoms with van der Waals surface area (Å²) in [6, 6.07) is 11.3. The van der Waals surface area contributed by atoms with Crippen molar-refractivity contribution in [3.05, 3.63) is 65.7 Å². The Bertz CT molecular complexity index is 846. The number of nitrogens with zero attached hydrogens (tertiary/aromatic N) is 1. The summed E-state index contributed by atoms with van der Waals surface area (Å²) in [6.07, 6.45) is 0. The molecule has 0 aliphatic rings. The molecule has 0 amide bonds. The van der Waals surface area contributed by atoms with Gasteiger partial charge in [0, 0.05) is 25.7 Å². The lowest BCUT2D eigenvalue weighted by molar-refractivity contribution is 0.581. The summed E-state index contributed by atoms with van der Waals surface area (Å²) in [5.41, 5.74) is 0.153. The molecule has 142 valence electrons. The van der Waals surface area contributed by atoms with Gasteiger partial charge >= 0.3 is 0 Å². The average Bonchev–Trinajstić information content (AvgIpc) is 2.61. The van der Waals surface area contributed by atoms with Crippen LogP contribution in [0.25, 0.3) is 0 Å². The lowest BCUT2D eigenvalue weighted by Gasteiger charge is -2.12. The van der Waals surface area contributed by atoms with Crippen LogP contribution in [0.5, 0.6) is 0 Å². The first-order valence-corrected chi connectivity index (χ1v) is 9.24. The molecule has 0 fully saturated rings. The second-order valence-electron chi connectivity index (χ2n) is 5.22. The Balaban J connectivity index is 0.00000338. The first-order valence-electron chi connectivity index (χ1n) is 7.58. The highest BCUT2D eigenvalue weighted by molar-refractivity contribution is 14.0. The van der Waals surface area contributed by atoms with Gasteiger partial charge in [0.15, 0.2) is 15.8 Å². The largest absolute Gasteiger partial charge is 0.355 e. The summed E-state index contributed by atoms with van der Waals surface area (Å²) in [7, 11) is -1.90. The second kappa shape index (κ2) is 10.4. The molecule has 0 spiro atoms. The van der Waals surface area contributed by atoms with E-state index < -0.39 is 21.5 Å². The van der Waals surface area contributed by atoms with Crippen molar-refractivity contribution in [2.24, 2.45) is 4.99 Å². The highest BCUT2D eigenvalue weighted by Crippen LogP contribution is 2.10. The molecule has 0 heterocycles. The number of nitrogens with one attached hydrogen (secondary N) is 2. The van der Waals surface area contributed by atoms with Crippen molar-refractivity contribution in [2.75, 3.05) is 19.3 Å². The molecule has 0 unspecified atom stereocenters. The van der Waals surface area contributed by atoms with Crippen LogP contribution in [-0.2, 0) is 16.4 Å². The average molecular weight is 495 g/mol. The molecule has 2 N–H and O–H groups in total. The molecule has 0 radical (unpaired) electrons. The fraction of sp³-hybridized carbons (Fsp3) is 0.235. The van der Waals surface area contributed by atoms with Crippen LogP contribution >= 0.6 is 24.0 Å². The van der Waals surface area contributed by atoms with Gasteiger partial charge in [0.2, 0.25) is 0 Å². The Morgan fingerprint density at radius 1 is 1.08 bits per heavy atom. The van der Waals surface area contributed by atoms with Crippen LogP contribution in [0.15, 0.2) is 58.4 Å². The van der Waals surface area contributed by atoms with Gasteiger partial charge in [-0.1, -0.05) is 18.2 Å². The van der Waals surface area contributed by atoms with Crippen LogP contribution < -0.4 is 10.6 Å². The Labute approximate surface area is 168 Å². The maximum Gasteiger partial charge on any atom is 0.191 e. The zero-order valence-electron chi connectivity index (χ0n) is 14.1. The SMILES string of the molecule is CN=C(NCCS(=O)(=O)c1ccccc1)NCc1cc(F)ccc1F.I. The zero-order valence-corrected chi connectivity index (χ0v) is 17.2. The number of benzene rings is 2. The van der Waals surface area contributed by atoms with Crippen LogP contribution in [0.2, 0.25) is 0 Å². The maximum atomic E-state index is 13.6. The van der Waals surface area contributed by atoms with Crippen molar-refractivity contribution >= 4 is 39.8 Å². The molecule has 0 aliphatic carbocycles. The van der Waals surface area contributed by atoms with E-state index in [0.717, 1.165) is 18.2 Å². The van der Waals surface area contributed by atoms with Crippen LogP contribution in [0.3, 0.4) is 0 Å². The Morgan fingerprint density at radius 2 is 1.77 bits per heavy atom.